The molecule has 1 aliphatic rings. The van der Waals surface area contributed by atoms with Crippen molar-refractivity contribution in [1.29, 1.82) is 0 Å². The first-order chi connectivity index (χ1) is 12.0. The molecule has 25 heavy (non-hydrogen) atoms. The number of hydrogen-bond acceptors (Lipinski definition) is 8. The summed E-state index contributed by atoms with van der Waals surface area (Å²) in [6.45, 7) is 9.90. The van der Waals surface area contributed by atoms with Gasteiger partial charge >= 0.3 is 0 Å². The average Bonchev–Trinajstić information content (AvgIpc) is 3.21. The van der Waals surface area contributed by atoms with Crippen molar-refractivity contribution in [3.63, 3.8) is 0 Å². The Bertz CT molecular complexity index is 655. The molecule has 0 amide bonds. The van der Waals surface area contributed by atoms with Crippen LogP contribution in [0.2, 0.25) is 0 Å². The van der Waals surface area contributed by atoms with E-state index in [0.29, 0.717) is 23.4 Å². The molecule has 4 N–H and O–H groups in total. The molecule has 3 atom stereocenters. The second kappa shape index (κ2) is 9.04. The lowest BCUT2D eigenvalue weighted by atomic mass is 10.2. The number of aromatic nitrogens is 4. The third-order valence-electron chi connectivity index (χ3n) is 4.42. The second-order valence-corrected chi connectivity index (χ2v) is 5.82. The normalized spacial score (nSPS) is 23.0. The molecule has 0 spiro atoms. The monoisotopic (exact) mass is 352 g/mol. The molecule has 1 fully saturated rings. The fourth-order valence-electron chi connectivity index (χ4n) is 2.80. The van der Waals surface area contributed by atoms with Crippen molar-refractivity contribution < 1.29 is 14.9 Å². The maximum atomic E-state index is 9.71. The van der Waals surface area contributed by atoms with Gasteiger partial charge in [0, 0.05) is 6.42 Å². The summed E-state index contributed by atoms with van der Waals surface area (Å²) >= 11 is 0. The van der Waals surface area contributed by atoms with E-state index in [4.69, 9.17) is 15.6 Å². The number of imidazole rings is 1. The van der Waals surface area contributed by atoms with Crippen LogP contribution in [-0.2, 0) is 4.74 Å². The van der Waals surface area contributed by atoms with E-state index in [1.807, 2.05) is 0 Å². The standard InChI is InChI=1S/C10H13N5O3.C6H15N/c11-9-8-10(13-3-12-9)15(4-14-8)7-1-5(17)6(2-16)18-7;1-4-7(5-2)6-3/h3-7,16-17H,1-2H2,(H2,11,12,13);4-6H2,1-3H3/t5-,6+,7+;/m0./s1. The lowest BCUT2D eigenvalue weighted by Gasteiger charge is -2.13. The third-order valence-corrected chi connectivity index (χ3v) is 4.42. The lowest BCUT2D eigenvalue weighted by molar-refractivity contribution is -0.0432. The fourth-order valence-corrected chi connectivity index (χ4v) is 2.80. The molecule has 3 heterocycles. The summed E-state index contributed by atoms with van der Waals surface area (Å²) in [6.07, 6.45) is 1.60. The van der Waals surface area contributed by atoms with E-state index in [1.165, 1.54) is 26.0 Å². The number of nitrogens with two attached hydrogens (primary N) is 1. The molecule has 0 aromatic carbocycles. The van der Waals surface area contributed by atoms with Crippen molar-refractivity contribution in [2.45, 2.75) is 45.6 Å². The maximum Gasteiger partial charge on any atom is 0.167 e. The van der Waals surface area contributed by atoms with Gasteiger partial charge in [-0.1, -0.05) is 20.8 Å². The summed E-state index contributed by atoms with van der Waals surface area (Å²) in [5.41, 5.74) is 6.75. The molecule has 2 aromatic heterocycles. The van der Waals surface area contributed by atoms with Gasteiger partial charge in [-0.05, 0) is 19.6 Å². The number of ether oxygens (including phenoxy) is 1. The van der Waals surface area contributed by atoms with Gasteiger partial charge in [-0.25, -0.2) is 15.0 Å². The van der Waals surface area contributed by atoms with Crippen LogP contribution in [0.25, 0.3) is 11.2 Å². The number of nitrogens with zero attached hydrogens (tertiary/aromatic N) is 5. The average molecular weight is 352 g/mol. The van der Waals surface area contributed by atoms with Crippen LogP contribution in [0.1, 0.15) is 33.4 Å². The molecule has 140 valence electrons. The van der Waals surface area contributed by atoms with Gasteiger partial charge in [-0.2, -0.15) is 0 Å². The van der Waals surface area contributed by atoms with E-state index in [1.54, 1.807) is 10.9 Å². The Hall–Kier alpha value is -1.81. The quantitative estimate of drug-likeness (QED) is 0.706. The van der Waals surface area contributed by atoms with E-state index in [-0.39, 0.29) is 6.61 Å². The van der Waals surface area contributed by atoms with Crippen LogP contribution < -0.4 is 5.73 Å². The van der Waals surface area contributed by atoms with Gasteiger partial charge in [0.25, 0.3) is 0 Å². The van der Waals surface area contributed by atoms with Crippen molar-refractivity contribution in [3.05, 3.63) is 12.7 Å². The van der Waals surface area contributed by atoms with Crippen LogP contribution in [0.3, 0.4) is 0 Å². The Morgan fingerprint density at radius 1 is 1.24 bits per heavy atom. The van der Waals surface area contributed by atoms with Crippen LogP contribution in [-0.4, -0.2) is 73.1 Å². The fraction of sp³-hybridized carbons (Fsp3) is 0.688. The van der Waals surface area contributed by atoms with Gasteiger partial charge in [0.1, 0.15) is 24.2 Å². The van der Waals surface area contributed by atoms with Crippen LogP contribution in [0.15, 0.2) is 12.7 Å². The minimum Gasteiger partial charge on any atom is -0.394 e. The van der Waals surface area contributed by atoms with Gasteiger partial charge in [-0.15, -0.1) is 0 Å². The van der Waals surface area contributed by atoms with Crippen molar-refractivity contribution in [2.75, 3.05) is 32.0 Å². The smallest absolute Gasteiger partial charge is 0.167 e. The van der Waals surface area contributed by atoms with Crippen LogP contribution >= 0.6 is 0 Å². The lowest BCUT2D eigenvalue weighted by Crippen LogP contribution is -2.24. The Morgan fingerprint density at radius 3 is 2.44 bits per heavy atom. The predicted molar refractivity (Wildman–Crippen MR) is 94.8 cm³/mol. The van der Waals surface area contributed by atoms with Crippen molar-refractivity contribution in [3.8, 4) is 0 Å². The number of hydrogen-bond donors (Lipinski definition) is 3. The molecule has 0 bridgehead atoms. The van der Waals surface area contributed by atoms with Gasteiger partial charge in [0.05, 0.1) is 19.0 Å². The Morgan fingerprint density at radius 2 is 1.92 bits per heavy atom. The molecule has 3 rings (SSSR count). The second-order valence-electron chi connectivity index (χ2n) is 5.82. The summed E-state index contributed by atoms with van der Waals surface area (Å²) in [7, 11) is 0. The Kier molecular flexibility index (Phi) is 7.06. The Balaban J connectivity index is 0.000000277. The van der Waals surface area contributed by atoms with Crippen LogP contribution in [0.4, 0.5) is 5.82 Å². The van der Waals surface area contributed by atoms with Gasteiger partial charge in [0.15, 0.2) is 11.5 Å². The van der Waals surface area contributed by atoms with E-state index in [9.17, 15) is 5.11 Å². The molecule has 1 aliphatic heterocycles. The van der Waals surface area contributed by atoms with E-state index < -0.39 is 18.4 Å². The Labute approximate surface area is 147 Å². The number of aliphatic hydroxyl groups excluding tert-OH is 2. The molecular weight excluding hydrogens is 324 g/mol. The van der Waals surface area contributed by atoms with Gasteiger partial charge in [-0.3, -0.25) is 4.57 Å². The van der Waals surface area contributed by atoms with E-state index in [2.05, 4.69) is 40.6 Å². The van der Waals surface area contributed by atoms with Crippen molar-refractivity contribution in [2.24, 2.45) is 0 Å². The number of rotatable bonds is 5. The number of fused-ring (bicyclic) bond motifs is 1. The molecule has 2 aromatic rings. The summed E-state index contributed by atoms with van der Waals surface area (Å²) in [4.78, 5) is 14.5. The first-order valence-corrected chi connectivity index (χ1v) is 8.65. The first kappa shape index (κ1) is 19.5. The summed E-state index contributed by atoms with van der Waals surface area (Å²) < 4.78 is 7.22. The third kappa shape index (κ3) is 4.43. The molecule has 0 unspecified atom stereocenters. The molecule has 1 saturated heterocycles. The topological polar surface area (TPSA) is 123 Å². The zero-order valence-corrected chi connectivity index (χ0v) is 15.0. The zero-order chi connectivity index (χ0) is 18.4. The minimum absolute atomic E-state index is 0.221. The number of nitrogen functional groups attached to an aromatic ring is 1. The first-order valence-electron chi connectivity index (χ1n) is 8.65. The highest BCUT2D eigenvalue weighted by molar-refractivity contribution is 5.81. The molecule has 0 radical (unpaired) electrons. The number of anilines is 1. The summed E-state index contributed by atoms with van der Waals surface area (Å²) in [5.74, 6) is 0.302. The number of aliphatic hydroxyl groups is 2. The van der Waals surface area contributed by atoms with Crippen LogP contribution in [0.5, 0.6) is 0 Å². The molecule has 9 heteroatoms. The molecule has 9 nitrogen and oxygen atoms in total. The van der Waals surface area contributed by atoms with E-state index in [0.717, 1.165) is 0 Å². The highest BCUT2D eigenvalue weighted by Gasteiger charge is 2.35. The van der Waals surface area contributed by atoms with Gasteiger partial charge in [0.2, 0.25) is 0 Å². The largest absolute Gasteiger partial charge is 0.394 e. The van der Waals surface area contributed by atoms with Crippen molar-refractivity contribution in [1.82, 2.24) is 24.4 Å². The summed E-state index contributed by atoms with van der Waals surface area (Å²) in [5, 5.41) is 18.8. The minimum atomic E-state index is -0.698. The highest BCUT2D eigenvalue weighted by Crippen LogP contribution is 2.30. The van der Waals surface area contributed by atoms with E-state index >= 15 is 0 Å². The summed E-state index contributed by atoms with van der Waals surface area (Å²) in [6, 6.07) is 0. The van der Waals surface area contributed by atoms with Crippen LogP contribution in [0, 0.1) is 0 Å². The molecule has 0 aliphatic carbocycles. The zero-order valence-electron chi connectivity index (χ0n) is 15.0. The molecular formula is C16H28N6O3. The predicted octanol–water partition coefficient (Wildman–Crippen LogP) is 0.397. The highest BCUT2D eigenvalue weighted by atomic mass is 16.5. The SMILES string of the molecule is CCN(CC)CC.Nc1ncnc2c1ncn2[C@H]1C[C@H](O)[C@@H](CO)O1. The van der Waals surface area contributed by atoms with Gasteiger partial charge < -0.3 is 25.6 Å². The van der Waals surface area contributed by atoms with Crippen molar-refractivity contribution >= 4 is 17.0 Å². The molecule has 0 saturated carbocycles. The maximum absolute atomic E-state index is 9.71.